The predicted molar refractivity (Wildman–Crippen MR) is 39.3 cm³/mol. The smallest absolute Gasteiger partial charge is 0.211 e. The van der Waals surface area contributed by atoms with Gasteiger partial charge in [-0.25, -0.2) is 4.98 Å². The minimum absolute atomic E-state index is 0.396. The Labute approximate surface area is 64.4 Å². The number of nitrogens with zero attached hydrogens (tertiary/aromatic N) is 1. The Hall–Kier alpha value is -0.700. The molecule has 0 aliphatic heterocycles. The van der Waals surface area contributed by atoms with Crippen molar-refractivity contribution in [1.82, 2.24) is 9.97 Å². The third kappa shape index (κ3) is 1.64. The van der Waals surface area contributed by atoms with Crippen LogP contribution in [-0.2, 0) is 5.88 Å². The number of H-pyrrole nitrogens is 1. The molecule has 0 saturated carbocycles. The first-order valence-electron chi connectivity index (χ1n) is 3.09. The summed E-state index contributed by atoms with van der Waals surface area (Å²) in [5.41, 5.74) is 0. The lowest BCUT2D eigenvalue weighted by atomic mass is 10.7. The molecule has 0 radical (unpaired) electrons. The molecule has 0 aliphatic carbocycles. The van der Waals surface area contributed by atoms with E-state index >= 15 is 0 Å². The van der Waals surface area contributed by atoms with E-state index in [9.17, 15) is 0 Å². The molecule has 0 unspecified atom stereocenters. The first-order chi connectivity index (χ1) is 4.86. The van der Waals surface area contributed by atoms with E-state index in [2.05, 4.69) is 9.97 Å². The lowest BCUT2D eigenvalue weighted by Crippen LogP contribution is -1.90. The number of aromatic nitrogens is 2. The van der Waals surface area contributed by atoms with Gasteiger partial charge >= 0.3 is 0 Å². The van der Waals surface area contributed by atoms with Crippen molar-refractivity contribution < 1.29 is 4.74 Å². The molecule has 0 bridgehead atoms. The first-order valence-corrected chi connectivity index (χ1v) is 3.63. The Kier molecular flexibility index (Phi) is 2.57. The number of hydrogen-bond acceptors (Lipinski definition) is 2. The number of hydrogen-bond donors (Lipinski definition) is 1. The summed E-state index contributed by atoms with van der Waals surface area (Å²) in [6, 6.07) is 0. The highest BCUT2D eigenvalue weighted by molar-refractivity contribution is 6.16. The van der Waals surface area contributed by atoms with Gasteiger partial charge in [0.1, 0.15) is 5.82 Å². The second-order valence-corrected chi connectivity index (χ2v) is 2.03. The third-order valence-electron chi connectivity index (χ3n) is 1.03. The highest BCUT2D eigenvalue weighted by Gasteiger charge is 1.96. The molecule has 0 atom stereocenters. The summed E-state index contributed by atoms with van der Waals surface area (Å²) >= 11 is 5.49. The summed E-state index contributed by atoms with van der Waals surface area (Å²) in [4.78, 5) is 6.84. The van der Waals surface area contributed by atoms with E-state index in [4.69, 9.17) is 16.3 Å². The van der Waals surface area contributed by atoms with Gasteiger partial charge in [0.15, 0.2) is 0 Å². The zero-order chi connectivity index (χ0) is 7.40. The van der Waals surface area contributed by atoms with Crippen molar-refractivity contribution in [1.29, 1.82) is 0 Å². The lowest BCUT2D eigenvalue weighted by molar-refractivity contribution is 0.328. The zero-order valence-electron chi connectivity index (χ0n) is 5.72. The number of aromatic amines is 1. The number of halogens is 1. The van der Waals surface area contributed by atoms with Gasteiger partial charge in [-0.1, -0.05) is 0 Å². The number of alkyl halides is 1. The maximum atomic E-state index is 5.49. The normalized spacial score (nSPS) is 9.80. The maximum absolute atomic E-state index is 5.49. The van der Waals surface area contributed by atoms with Crippen LogP contribution in [0.1, 0.15) is 12.7 Å². The van der Waals surface area contributed by atoms with Gasteiger partial charge in [0.25, 0.3) is 0 Å². The molecule has 1 aromatic heterocycles. The van der Waals surface area contributed by atoms with Crippen LogP contribution < -0.4 is 4.74 Å². The number of nitrogens with one attached hydrogen (secondary N) is 1. The fraction of sp³-hybridized carbons (Fsp3) is 0.500. The number of ether oxygens (including phenoxy) is 1. The molecule has 1 aromatic rings. The fourth-order valence-electron chi connectivity index (χ4n) is 0.640. The Morgan fingerprint density at radius 1 is 1.80 bits per heavy atom. The molecular weight excluding hydrogens is 152 g/mol. The van der Waals surface area contributed by atoms with Crippen LogP contribution in [-0.4, -0.2) is 16.6 Å². The minimum atomic E-state index is 0.396. The van der Waals surface area contributed by atoms with Crippen LogP contribution in [0.2, 0.25) is 0 Å². The topological polar surface area (TPSA) is 37.9 Å². The average Bonchev–Trinajstić information content (AvgIpc) is 2.37. The molecule has 1 rings (SSSR count). The molecule has 56 valence electrons. The largest absolute Gasteiger partial charge is 0.478 e. The lowest BCUT2D eigenvalue weighted by Gasteiger charge is -1.94. The van der Waals surface area contributed by atoms with Crippen molar-refractivity contribution in [3.63, 3.8) is 0 Å². The van der Waals surface area contributed by atoms with Crippen LogP contribution >= 0.6 is 11.6 Å². The molecular formula is C6H9ClN2O. The van der Waals surface area contributed by atoms with Gasteiger partial charge in [-0.05, 0) is 6.92 Å². The van der Waals surface area contributed by atoms with Crippen molar-refractivity contribution >= 4 is 11.6 Å². The molecule has 0 aromatic carbocycles. The van der Waals surface area contributed by atoms with Crippen LogP contribution in [0.3, 0.4) is 0 Å². The maximum Gasteiger partial charge on any atom is 0.211 e. The molecule has 0 amide bonds. The Morgan fingerprint density at radius 2 is 2.60 bits per heavy atom. The van der Waals surface area contributed by atoms with Gasteiger partial charge < -0.3 is 9.72 Å². The summed E-state index contributed by atoms with van der Waals surface area (Å²) in [5.74, 6) is 1.82. The minimum Gasteiger partial charge on any atom is -0.478 e. The van der Waals surface area contributed by atoms with Crippen LogP contribution in [0.4, 0.5) is 0 Å². The fourth-order valence-corrected chi connectivity index (χ4v) is 0.776. The molecule has 1 N–H and O–H groups in total. The van der Waals surface area contributed by atoms with Crippen molar-refractivity contribution in [2.45, 2.75) is 12.8 Å². The van der Waals surface area contributed by atoms with Crippen LogP contribution in [0.25, 0.3) is 0 Å². The molecule has 0 aliphatic rings. The highest BCUT2D eigenvalue weighted by Crippen LogP contribution is 2.06. The molecule has 1 heterocycles. The Bertz CT molecular complexity index is 199. The summed E-state index contributed by atoms with van der Waals surface area (Å²) in [6.45, 7) is 2.56. The van der Waals surface area contributed by atoms with Gasteiger partial charge in [0.05, 0.1) is 18.7 Å². The van der Waals surface area contributed by atoms with Gasteiger partial charge in [0, 0.05) is 0 Å². The summed E-state index contributed by atoms with van der Waals surface area (Å²) in [7, 11) is 0. The Balaban J connectivity index is 2.59. The van der Waals surface area contributed by atoms with E-state index in [-0.39, 0.29) is 0 Å². The second-order valence-electron chi connectivity index (χ2n) is 1.76. The molecule has 0 fully saturated rings. The van der Waals surface area contributed by atoms with Gasteiger partial charge in [0.2, 0.25) is 5.88 Å². The van der Waals surface area contributed by atoms with E-state index in [1.54, 1.807) is 6.20 Å². The van der Waals surface area contributed by atoms with Crippen molar-refractivity contribution in [3.8, 4) is 5.88 Å². The standard InChI is InChI=1S/C6H9ClN2O/c1-2-10-6-4-8-5(3-7)9-6/h4H,2-3H2,1H3,(H,8,9). The number of imidazole rings is 1. The zero-order valence-corrected chi connectivity index (χ0v) is 6.48. The van der Waals surface area contributed by atoms with Crippen molar-refractivity contribution in [2.75, 3.05) is 6.61 Å². The van der Waals surface area contributed by atoms with E-state index < -0.39 is 0 Å². The van der Waals surface area contributed by atoms with E-state index in [0.717, 1.165) is 5.82 Å². The van der Waals surface area contributed by atoms with E-state index in [1.807, 2.05) is 6.92 Å². The molecule has 0 spiro atoms. The van der Waals surface area contributed by atoms with Crippen molar-refractivity contribution in [3.05, 3.63) is 12.0 Å². The SMILES string of the molecule is CCOc1cnc(CCl)[nH]1. The van der Waals surface area contributed by atoms with Gasteiger partial charge in [-0.3, -0.25) is 0 Å². The highest BCUT2D eigenvalue weighted by atomic mass is 35.5. The molecule has 3 nitrogen and oxygen atoms in total. The third-order valence-corrected chi connectivity index (χ3v) is 1.28. The van der Waals surface area contributed by atoms with Crippen LogP contribution in [0.5, 0.6) is 5.88 Å². The summed E-state index contributed by atoms with van der Waals surface area (Å²) in [5, 5.41) is 0. The Morgan fingerprint density at radius 3 is 3.10 bits per heavy atom. The monoisotopic (exact) mass is 160 g/mol. The quantitative estimate of drug-likeness (QED) is 0.682. The summed E-state index contributed by atoms with van der Waals surface area (Å²) in [6.07, 6.45) is 1.63. The van der Waals surface area contributed by atoms with Gasteiger partial charge in [-0.2, -0.15) is 0 Å². The molecule has 4 heteroatoms. The first kappa shape index (κ1) is 7.41. The van der Waals surface area contributed by atoms with E-state index in [0.29, 0.717) is 18.4 Å². The number of rotatable bonds is 3. The average molecular weight is 161 g/mol. The summed E-state index contributed by atoms with van der Waals surface area (Å²) < 4.78 is 5.11. The van der Waals surface area contributed by atoms with E-state index in [1.165, 1.54) is 0 Å². The predicted octanol–water partition coefficient (Wildman–Crippen LogP) is 1.55. The van der Waals surface area contributed by atoms with Crippen LogP contribution in [0, 0.1) is 0 Å². The second kappa shape index (κ2) is 3.46. The molecule has 0 saturated heterocycles. The van der Waals surface area contributed by atoms with Crippen LogP contribution in [0.15, 0.2) is 6.20 Å². The van der Waals surface area contributed by atoms with Crippen molar-refractivity contribution in [2.24, 2.45) is 0 Å². The van der Waals surface area contributed by atoms with Gasteiger partial charge in [-0.15, -0.1) is 11.6 Å². The molecule has 10 heavy (non-hydrogen) atoms.